The monoisotopic (exact) mass is 267 g/mol. The highest BCUT2D eigenvalue weighted by Gasteiger charge is 2.40. The fourth-order valence-electron chi connectivity index (χ4n) is 2.95. The van der Waals surface area contributed by atoms with Crippen molar-refractivity contribution in [3.8, 4) is 0 Å². The molecule has 0 aliphatic heterocycles. The lowest BCUT2D eigenvalue weighted by atomic mass is 9.86. The maximum Gasteiger partial charge on any atom is 0.144 e. The minimum Gasteiger partial charge on any atom is -0.409 e. The number of nitrogens with zero attached hydrogens (tertiary/aromatic N) is 1. The molecule has 0 radical (unpaired) electrons. The number of amidine groups is 1. The Kier molecular flexibility index (Phi) is 4.71. The summed E-state index contributed by atoms with van der Waals surface area (Å²) >= 11 is 0. The number of rotatable bonds is 9. The first kappa shape index (κ1) is 14.6. The number of hydrogen-bond acceptors (Lipinski definition) is 3. The molecule has 0 unspecified atom stereocenters. The number of oxime groups is 1. The number of nitrogens with two attached hydrogens (primary N) is 1. The molecule has 0 amide bonds. The van der Waals surface area contributed by atoms with Crippen molar-refractivity contribution < 1.29 is 5.21 Å². The van der Waals surface area contributed by atoms with E-state index >= 15 is 0 Å². The van der Waals surface area contributed by atoms with Gasteiger partial charge in [-0.05, 0) is 69.4 Å². The van der Waals surface area contributed by atoms with Crippen molar-refractivity contribution in [3.63, 3.8) is 0 Å². The highest BCUT2D eigenvalue weighted by atomic mass is 16.4. The molecule has 0 heterocycles. The fourth-order valence-corrected chi connectivity index (χ4v) is 2.95. The zero-order valence-electron chi connectivity index (χ0n) is 12.4. The summed E-state index contributed by atoms with van der Waals surface area (Å²) in [4.78, 5) is 0. The Labute approximate surface area is 116 Å². The molecule has 0 bridgehead atoms. The first-order valence-corrected chi connectivity index (χ1v) is 7.73. The second-order valence-electron chi connectivity index (χ2n) is 7.02. The van der Waals surface area contributed by atoms with Crippen molar-refractivity contribution in [1.29, 1.82) is 0 Å². The predicted molar refractivity (Wildman–Crippen MR) is 78.2 cm³/mol. The van der Waals surface area contributed by atoms with Crippen LogP contribution in [0.3, 0.4) is 0 Å². The minimum absolute atomic E-state index is 0.206. The van der Waals surface area contributed by atoms with E-state index in [2.05, 4.69) is 10.5 Å². The summed E-state index contributed by atoms with van der Waals surface area (Å²) in [6.45, 7) is 6.29. The molecule has 2 saturated carbocycles. The van der Waals surface area contributed by atoms with Gasteiger partial charge in [0.15, 0.2) is 0 Å². The maximum atomic E-state index is 8.73. The number of nitrogens with one attached hydrogen (secondary N) is 1. The van der Waals surface area contributed by atoms with Crippen LogP contribution in [-0.2, 0) is 0 Å². The van der Waals surface area contributed by atoms with Gasteiger partial charge in [-0.15, -0.1) is 0 Å². The lowest BCUT2D eigenvalue weighted by molar-refractivity contribution is 0.304. The highest BCUT2D eigenvalue weighted by molar-refractivity contribution is 5.85. The van der Waals surface area contributed by atoms with Crippen molar-refractivity contribution in [2.45, 2.75) is 52.4 Å². The quantitative estimate of drug-likeness (QED) is 0.198. The van der Waals surface area contributed by atoms with E-state index in [0.29, 0.717) is 5.84 Å². The van der Waals surface area contributed by atoms with Crippen LogP contribution < -0.4 is 11.1 Å². The smallest absolute Gasteiger partial charge is 0.144 e. The van der Waals surface area contributed by atoms with Crippen LogP contribution in [0, 0.1) is 23.2 Å². The van der Waals surface area contributed by atoms with E-state index in [1.165, 1.54) is 32.2 Å². The van der Waals surface area contributed by atoms with Gasteiger partial charge in [-0.25, -0.2) is 0 Å². The Bertz CT molecular complexity index is 307. The van der Waals surface area contributed by atoms with Crippen LogP contribution in [0.4, 0.5) is 0 Å². The molecule has 0 aromatic carbocycles. The molecule has 2 aliphatic rings. The minimum atomic E-state index is -0.206. The van der Waals surface area contributed by atoms with Gasteiger partial charge in [0.05, 0.1) is 0 Å². The lowest BCUT2D eigenvalue weighted by Crippen LogP contribution is -2.33. The molecule has 0 atom stereocenters. The summed E-state index contributed by atoms with van der Waals surface area (Å²) in [6, 6.07) is 0. The lowest BCUT2D eigenvalue weighted by Gasteiger charge is -2.23. The summed E-state index contributed by atoms with van der Waals surface area (Å²) < 4.78 is 0. The number of hydrogen-bond donors (Lipinski definition) is 3. The summed E-state index contributed by atoms with van der Waals surface area (Å²) in [6.07, 6.45) is 7.86. The van der Waals surface area contributed by atoms with Crippen LogP contribution in [-0.4, -0.2) is 24.1 Å². The second kappa shape index (κ2) is 6.12. The van der Waals surface area contributed by atoms with E-state index in [9.17, 15) is 0 Å². The molecular formula is C15H29N3O. The molecule has 0 saturated heterocycles. The van der Waals surface area contributed by atoms with Crippen molar-refractivity contribution >= 4 is 5.84 Å². The van der Waals surface area contributed by atoms with Crippen LogP contribution in [0.1, 0.15) is 52.4 Å². The fraction of sp³-hybridized carbons (Fsp3) is 0.933. The highest BCUT2D eigenvalue weighted by Crippen LogP contribution is 2.48. The van der Waals surface area contributed by atoms with Crippen molar-refractivity contribution in [3.05, 3.63) is 0 Å². The van der Waals surface area contributed by atoms with Gasteiger partial charge in [0.2, 0.25) is 0 Å². The van der Waals surface area contributed by atoms with Crippen LogP contribution in [0.5, 0.6) is 0 Å². The van der Waals surface area contributed by atoms with Gasteiger partial charge in [-0.3, -0.25) is 0 Å². The average molecular weight is 267 g/mol. The molecule has 0 spiro atoms. The molecule has 2 fully saturated rings. The van der Waals surface area contributed by atoms with Gasteiger partial charge >= 0.3 is 0 Å². The van der Waals surface area contributed by atoms with Crippen molar-refractivity contribution in [1.82, 2.24) is 5.32 Å². The van der Waals surface area contributed by atoms with Crippen molar-refractivity contribution in [2.24, 2.45) is 34.1 Å². The van der Waals surface area contributed by atoms with E-state index in [1.54, 1.807) is 0 Å². The zero-order chi connectivity index (χ0) is 13.9. The van der Waals surface area contributed by atoms with Crippen LogP contribution in [0.25, 0.3) is 0 Å². The van der Waals surface area contributed by atoms with Gasteiger partial charge in [-0.1, -0.05) is 19.0 Å². The summed E-state index contributed by atoms with van der Waals surface area (Å²) in [7, 11) is 0. The average Bonchev–Trinajstić information content (AvgIpc) is 3.25. The third-order valence-electron chi connectivity index (χ3n) is 4.79. The molecule has 4 heteroatoms. The van der Waals surface area contributed by atoms with Gasteiger partial charge in [-0.2, -0.15) is 0 Å². The normalized spacial score (nSPS) is 21.1. The summed E-state index contributed by atoms with van der Waals surface area (Å²) in [5, 5.41) is 15.5. The molecule has 2 rings (SSSR count). The van der Waals surface area contributed by atoms with Gasteiger partial charge < -0.3 is 16.3 Å². The molecule has 2 aliphatic carbocycles. The first-order valence-electron chi connectivity index (χ1n) is 7.73. The zero-order valence-corrected chi connectivity index (χ0v) is 12.4. The topological polar surface area (TPSA) is 70.6 Å². The Morgan fingerprint density at radius 2 is 1.89 bits per heavy atom. The third kappa shape index (κ3) is 4.37. The van der Waals surface area contributed by atoms with E-state index in [4.69, 9.17) is 10.9 Å². The van der Waals surface area contributed by atoms with E-state index in [1.807, 2.05) is 13.8 Å². The van der Waals surface area contributed by atoms with Crippen LogP contribution >= 0.6 is 0 Å². The molecule has 19 heavy (non-hydrogen) atoms. The maximum absolute atomic E-state index is 8.73. The Hall–Kier alpha value is -0.770. The Morgan fingerprint density at radius 1 is 1.32 bits per heavy atom. The molecule has 110 valence electrons. The Balaban J connectivity index is 1.59. The summed E-state index contributed by atoms with van der Waals surface area (Å²) in [5.74, 6) is 3.32. The van der Waals surface area contributed by atoms with Crippen molar-refractivity contribution in [2.75, 3.05) is 13.1 Å². The van der Waals surface area contributed by atoms with E-state index < -0.39 is 0 Å². The largest absolute Gasteiger partial charge is 0.409 e. The molecule has 4 N–H and O–H groups in total. The van der Waals surface area contributed by atoms with Crippen LogP contribution in [0.15, 0.2) is 5.16 Å². The van der Waals surface area contributed by atoms with E-state index in [-0.39, 0.29) is 5.41 Å². The standard InChI is InChI=1S/C15H29N3O/c1-15(2,14(16)18-19)8-3-9-17-10-13(11-4-5-11)12-6-7-12/h11-13,17,19H,3-10H2,1-2H3,(H2,16,18). The molecule has 0 aromatic rings. The Morgan fingerprint density at radius 3 is 2.37 bits per heavy atom. The van der Waals surface area contributed by atoms with Gasteiger partial charge in [0, 0.05) is 5.41 Å². The summed E-state index contributed by atoms with van der Waals surface area (Å²) in [5.41, 5.74) is 5.48. The van der Waals surface area contributed by atoms with Gasteiger partial charge in [0.1, 0.15) is 5.84 Å². The SMILES string of the molecule is CC(C)(CCCNCC(C1CC1)C1CC1)C(N)=NO. The molecule has 4 nitrogen and oxygen atoms in total. The predicted octanol–water partition coefficient (Wildman–Crippen LogP) is 2.56. The second-order valence-corrected chi connectivity index (χ2v) is 7.02. The third-order valence-corrected chi connectivity index (χ3v) is 4.79. The first-order chi connectivity index (χ1) is 9.04. The molecular weight excluding hydrogens is 238 g/mol. The van der Waals surface area contributed by atoms with Crippen LogP contribution in [0.2, 0.25) is 0 Å². The van der Waals surface area contributed by atoms with E-state index in [0.717, 1.165) is 37.1 Å². The van der Waals surface area contributed by atoms with Gasteiger partial charge in [0.25, 0.3) is 0 Å². The molecule has 0 aromatic heterocycles.